The van der Waals surface area contributed by atoms with Crippen molar-refractivity contribution in [3.63, 3.8) is 0 Å². The zero-order valence-corrected chi connectivity index (χ0v) is 12.7. The number of rotatable bonds is 4. The number of hydrogen-bond acceptors (Lipinski definition) is 2. The van der Waals surface area contributed by atoms with E-state index >= 15 is 0 Å². The first-order valence-corrected chi connectivity index (χ1v) is 7.78. The summed E-state index contributed by atoms with van der Waals surface area (Å²) in [6.07, 6.45) is 3.75. The van der Waals surface area contributed by atoms with Crippen LogP contribution in [0.5, 0.6) is 0 Å². The molecule has 1 saturated heterocycles. The normalized spacial score (nSPS) is 15.8. The monoisotopic (exact) mass is 288 g/mol. The van der Waals surface area contributed by atoms with Crippen LogP contribution < -0.4 is 5.32 Å². The molecule has 1 aromatic rings. The number of piperidine rings is 1. The van der Waals surface area contributed by atoms with E-state index in [1.165, 1.54) is 5.56 Å². The lowest BCUT2D eigenvalue weighted by Gasteiger charge is -2.29. The van der Waals surface area contributed by atoms with E-state index in [9.17, 15) is 9.59 Å². The standard InChI is InChI=1S/C17H24N2O2/c1-14-9-12-19(13-10-14)17(21)16(20)18-11-5-8-15-6-3-2-4-7-15/h2-4,6-7,14H,5,8-13H2,1H3,(H,18,20). The summed E-state index contributed by atoms with van der Waals surface area (Å²) in [5.74, 6) is -0.179. The molecule has 4 heteroatoms. The molecule has 1 N–H and O–H groups in total. The molecule has 4 nitrogen and oxygen atoms in total. The number of benzene rings is 1. The maximum Gasteiger partial charge on any atom is 0.311 e. The minimum absolute atomic E-state index is 0.374. The predicted octanol–water partition coefficient (Wildman–Crippen LogP) is 1.99. The maximum absolute atomic E-state index is 12.0. The van der Waals surface area contributed by atoms with Crippen LogP contribution in [0.1, 0.15) is 31.7 Å². The van der Waals surface area contributed by atoms with Crippen molar-refractivity contribution in [1.29, 1.82) is 0 Å². The van der Waals surface area contributed by atoms with Crippen molar-refractivity contribution in [2.24, 2.45) is 5.92 Å². The molecule has 0 aromatic heterocycles. The van der Waals surface area contributed by atoms with E-state index < -0.39 is 5.91 Å². The SMILES string of the molecule is CC1CCN(C(=O)C(=O)NCCCc2ccccc2)CC1. The molecule has 0 spiro atoms. The molecule has 0 unspecified atom stereocenters. The molecule has 0 saturated carbocycles. The van der Waals surface area contributed by atoms with Gasteiger partial charge in [0.25, 0.3) is 0 Å². The minimum atomic E-state index is -0.461. The highest BCUT2D eigenvalue weighted by atomic mass is 16.2. The number of nitrogens with zero attached hydrogens (tertiary/aromatic N) is 1. The van der Waals surface area contributed by atoms with Gasteiger partial charge in [-0.15, -0.1) is 0 Å². The molecule has 1 aliphatic heterocycles. The Morgan fingerprint density at radius 1 is 1.19 bits per heavy atom. The smallest absolute Gasteiger partial charge is 0.311 e. The third kappa shape index (κ3) is 4.88. The Morgan fingerprint density at radius 2 is 1.86 bits per heavy atom. The van der Waals surface area contributed by atoms with Gasteiger partial charge in [-0.3, -0.25) is 9.59 Å². The summed E-state index contributed by atoms with van der Waals surface area (Å²) in [6.45, 7) is 4.14. The molecule has 2 amide bonds. The Bertz CT molecular complexity index is 465. The highest BCUT2D eigenvalue weighted by Gasteiger charge is 2.24. The van der Waals surface area contributed by atoms with Crippen LogP contribution in [0.3, 0.4) is 0 Å². The first-order valence-electron chi connectivity index (χ1n) is 7.78. The van der Waals surface area contributed by atoms with Gasteiger partial charge in [-0.1, -0.05) is 37.3 Å². The molecule has 1 aliphatic rings. The third-order valence-corrected chi connectivity index (χ3v) is 4.04. The van der Waals surface area contributed by atoms with Gasteiger partial charge in [0.1, 0.15) is 0 Å². The van der Waals surface area contributed by atoms with Crippen LogP contribution in [0.15, 0.2) is 30.3 Å². The third-order valence-electron chi connectivity index (χ3n) is 4.04. The summed E-state index contributed by atoms with van der Waals surface area (Å²) >= 11 is 0. The van der Waals surface area contributed by atoms with Crippen LogP contribution in [-0.4, -0.2) is 36.3 Å². The van der Waals surface area contributed by atoms with Crippen LogP contribution >= 0.6 is 0 Å². The predicted molar refractivity (Wildman–Crippen MR) is 82.8 cm³/mol. The molecule has 21 heavy (non-hydrogen) atoms. The van der Waals surface area contributed by atoms with Crippen molar-refractivity contribution in [3.8, 4) is 0 Å². The van der Waals surface area contributed by atoms with E-state index in [1.54, 1.807) is 4.90 Å². The quantitative estimate of drug-likeness (QED) is 0.680. The lowest BCUT2D eigenvalue weighted by molar-refractivity contribution is -0.146. The number of aryl methyl sites for hydroxylation is 1. The molecule has 0 bridgehead atoms. The Kier molecular flexibility index (Phi) is 5.78. The van der Waals surface area contributed by atoms with E-state index in [2.05, 4.69) is 24.4 Å². The van der Waals surface area contributed by atoms with E-state index in [0.29, 0.717) is 25.6 Å². The highest BCUT2D eigenvalue weighted by Crippen LogP contribution is 2.15. The molecule has 0 radical (unpaired) electrons. The summed E-state index contributed by atoms with van der Waals surface area (Å²) < 4.78 is 0. The molecule has 0 aliphatic carbocycles. The number of hydrogen-bond donors (Lipinski definition) is 1. The van der Waals surface area contributed by atoms with Crippen LogP contribution in [0, 0.1) is 5.92 Å². The van der Waals surface area contributed by atoms with E-state index in [0.717, 1.165) is 25.7 Å². The van der Waals surface area contributed by atoms with Crippen molar-refractivity contribution in [2.75, 3.05) is 19.6 Å². The molecule has 0 atom stereocenters. The van der Waals surface area contributed by atoms with Gasteiger partial charge >= 0.3 is 11.8 Å². The highest BCUT2D eigenvalue weighted by molar-refractivity contribution is 6.35. The number of carbonyl (C=O) groups is 2. The van der Waals surface area contributed by atoms with Crippen LogP contribution in [0.25, 0.3) is 0 Å². The largest absolute Gasteiger partial charge is 0.348 e. The second-order valence-corrected chi connectivity index (χ2v) is 5.82. The van der Waals surface area contributed by atoms with Gasteiger partial charge in [0, 0.05) is 19.6 Å². The van der Waals surface area contributed by atoms with Gasteiger partial charge in [0.2, 0.25) is 0 Å². The molecular formula is C17H24N2O2. The Balaban J connectivity index is 1.66. The fourth-order valence-electron chi connectivity index (χ4n) is 2.57. The molecule has 2 rings (SSSR count). The number of amides is 2. The second-order valence-electron chi connectivity index (χ2n) is 5.82. The van der Waals surface area contributed by atoms with Crippen LogP contribution in [0.2, 0.25) is 0 Å². The zero-order chi connectivity index (χ0) is 15.1. The first kappa shape index (κ1) is 15.5. The van der Waals surface area contributed by atoms with Gasteiger partial charge in [-0.05, 0) is 37.2 Å². The number of nitrogens with one attached hydrogen (secondary N) is 1. The summed E-state index contributed by atoms with van der Waals surface area (Å²) in [5, 5.41) is 2.73. The lowest BCUT2D eigenvalue weighted by Crippen LogP contribution is -2.46. The zero-order valence-electron chi connectivity index (χ0n) is 12.7. The number of likely N-dealkylation sites (tertiary alicyclic amines) is 1. The average molecular weight is 288 g/mol. The van der Waals surface area contributed by atoms with Gasteiger partial charge < -0.3 is 10.2 Å². The molecule has 114 valence electrons. The Morgan fingerprint density at radius 3 is 2.52 bits per heavy atom. The van der Waals surface area contributed by atoms with Crippen LogP contribution in [0.4, 0.5) is 0 Å². The summed E-state index contributed by atoms with van der Waals surface area (Å²) in [6, 6.07) is 10.1. The Hall–Kier alpha value is -1.84. The number of carbonyl (C=O) groups excluding carboxylic acids is 2. The fourth-order valence-corrected chi connectivity index (χ4v) is 2.57. The van der Waals surface area contributed by atoms with Crippen LogP contribution in [-0.2, 0) is 16.0 Å². The van der Waals surface area contributed by atoms with Crippen molar-refractivity contribution >= 4 is 11.8 Å². The van der Waals surface area contributed by atoms with Gasteiger partial charge in [0.05, 0.1) is 0 Å². The van der Waals surface area contributed by atoms with E-state index in [1.807, 2.05) is 18.2 Å². The van der Waals surface area contributed by atoms with Gasteiger partial charge in [-0.2, -0.15) is 0 Å². The lowest BCUT2D eigenvalue weighted by atomic mass is 9.99. The second kappa shape index (κ2) is 7.81. The van der Waals surface area contributed by atoms with Crippen molar-refractivity contribution in [3.05, 3.63) is 35.9 Å². The molecule has 1 fully saturated rings. The van der Waals surface area contributed by atoms with Gasteiger partial charge in [-0.25, -0.2) is 0 Å². The summed E-state index contributed by atoms with van der Waals surface area (Å²) in [7, 11) is 0. The molecule has 1 aromatic carbocycles. The molecular weight excluding hydrogens is 264 g/mol. The maximum atomic E-state index is 12.0. The Labute approximate surface area is 126 Å². The van der Waals surface area contributed by atoms with Gasteiger partial charge in [0.15, 0.2) is 0 Å². The van der Waals surface area contributed by atoms with Crippen molar-refractivity contribution in [1.82, 2.24) is 10.2 Å². The topological polar surface area (TPSA) is 49.4 Å². The average Bonchev–Trinajstić information content (AvgIpc) is 2.52. The van der Waals surface area contributed by atoms with E-state index in [4.69, 9.17) is 0 Å². The van der Waals surface area contributed by atoms with Crippen molar-refractivity contribution < 1.29 is 9.59 Å². The summed E-state index contributed by atoms with van der Waals surface area (Å²) in [5.41, 5.74) is 1.25. The molecule has 1 heterocycles. The van der Waals surface area contributed by atoms with E-state index in [-0.39, 0.29) is 5.91 Å². The van der Waals surface area contributed by atoms with Crippen molar-refractivity contribution in [2.45, 2.75) is 32.6 Å². The first-order chi connectivity index (χ1) is 10.2. The minimum Gasteiger partial charge on any atom is -0.348 e. The fraction of sp³-hybridized carbons (Fsp3) is 0.529. The summed E-state index contributed by atoms with van der Waals surface area (Å²) in [4.78, 5) is 25.5.